The predicted molar refractivity (Wildman–Crippen MR) is 64.2 cm³/mol. The van der Waals surface area contributed by atoms with Crippen LogP contribution in [-0.2, 0) is 0 Å². The normalized spacial score (nSPS) is 17.7. The van der Waals surface area contributed by atoms with Crippen molar-refractivity contribution < 1.29 is 5.11 Å². The van der Waals surface area contributed by atoms with E-state index >= 15 is 0 Å². The Bertz CT molecular complexity index is 308. The van der Waals surface area contributed by atoms with E-state index in [2.05, 4.69) is 35.8 Å². The molecule has 1 aromatic carbocycles. The van der Waals surface area contributed by atoms with Crippen LogP contribution in [0.4, 0.5) is 0 Å². The maximum Gasteiger partial charge on any atom is 0.0626 e. The molecule has 2 rings (SSSR count). The van der Waals surface area contributed by atoms with Crippen LogP contribution in [0.15, 0.2) is 29.2 Å². The van der Waals surface area contributed by atoms with Gasteiger partial charge in [0.1, 0.15) is 0 Å². The Labute approximate surface area is 95.1 Å². The van der Waals surface area contributed by atoms with Gasteiger partial charge in [0, 0.05) is 10.9 Å². The smallest absolute Gasteiger partial charge is 0.0626 e. The van der Waals surface area contributed by atoms with Gasteiger partial charge in [-0.1, -0.05) is 12.1 Å². The molecule has 1 saturated carbocycles. The SMILES string of the molecule is CSc1ccc(C(CO)NC2CC2)cc1. The number of rotatable bonds is 5. The summed E-state index contributed by atoms with van der Waals surface area (Å²) in [7, 11) is 0. The largest absolute Gasteiger partial charge is 0.394 e. The number of hydrogen-bond donors (Lipinski definition) is 2. The van der Waals surface area contributed by atoms with Crippen LogP contribution < -0.4 is 5.32 Å². The molecule has 82 valence electrons. The van der Waals surface area contributed by atoms with Gasteiger partial charge in [-0.25, -0.2) is 0 Å². The zero-order valence-corrected chi connectivity index (χ0v) is 9.76. The fourth-order valence-corrected chi connectivity index (χ4v) is 2.03. The van der Waals surface area contributed by atoms with Crippen LogP contribution in [0.1, 0.15) is 24.4 Å². The van der Waals surface area contributed by atoms with Gasteiger partial charge >= 0.3 is 0 Å². The van der Waals surface area contributed by atoms with Crippen LogP contribution in [0, 0.1) is 0 Å². The average molecular weight is 223 g/mol. The fourth-order valence-electron chi connectivity index (χ4n) is 1.63. The monoisotopic (exact) mass is 223 g/mol. The Morgan fingerprint density at radius 1 is 1.40 bits per heavy atom. The molecular formula is C12H17NOS. The van der Waals surface area contributed by atoms with Gasteiger partial charge in [0.05, 0.1) is 12.6 Å². The summed E-state index contributed by atoms with van der Waals surface area (Å²) in [4.78, 5) is 1.27. The number of nitrogens with one attached hydrogen (secondary N) is 1. The van der Waals surface area contributed by atoms with E-state index in [4.69, 9.17) is 0 Å². The first-order valence-electron chi connectivity index (χ1n) is 5.34. The molecule has 1 unspecified atom stereocenters. The summed E-state index contributed by atoms with van der Waals surface area (Å²) in [6.07, 6.45) is 4.57. The van der Waals surface area contributed by atoms with Crippen LogP contribution in [0.3, 0.4) is 0 Å². The molecule has 2 N–H and O–H groups in total. The van der Waals surface area contributed by atoms with Crippen molar-refractivity contribution in [1.29, 1.82) is 0 Å². The molecule has 2 nitrogen and oxygen atoms in total. The van der Waals surface area contributed by atoms with Gasteiger partial charge in [0.25, 0.3) is 0 Å². The van der Waals surface area contributed by atoms with Crippen LogP contribution in [0.2, 0.25) is 0 Å². The lowest BCUT2D eigenvalue weighted by Crippen LogP contribution is -2.26. The summed E-state index contributed by atoms with van der Waals surface area (Å²) in [5.74, 6) is 0. The van der Waals surface area contributed by atoms with E-state index in [1.807, 2.05) is 0 Å². The van der Waals surface area contributed by atoms with Crippen LogP contribution in [0.5, 0.6) is 0 Å². The molecule has 0 bridgehead atoms. The first-order chi connectivity index (χ1) is 7.33. The third kappa shape index (κ3) is 2.97. The van der Waals surface area contributed by atoms with E-state index in [1.54, 1.807) is 11.8 Å². The molecule has 1 atom stereocenters. The highest BCUT2D eigenvalue weighted by Crippen LogP contribution is 2.25. The highest BCUT2D eigenvalue weighted by Gasteiger charge is 2.24. The van der Waals surface area contributed by atoms with E-state index in [1.165, 1.54) is 23.3 Å². The van der Waals surface area contributed by atoms with E-state index in [-0.39, 0.29) is 12.6 Å². The van der Waals surface area contributed by atoms with Crippen molar-refractivity contribution in [2.45, 2.75) is 29.8 Å². The number of aliphatic hydroxyl groups is 1. The third-order valence-electron chi connectivity index (χ3n) is 2.71. The quantitative estimate of drug-likeness (QED) is 0.751. The Morgan fingerprint density at radius 3 is 2.53 bits per heavy atom. The minimum Gasteiger partial charge on any atom is -0.394 e. The van der Waals surface area contributed by atoms with Crippen molar-refractivity contribution >= 4 is 11.8 Å². The lowest BCUT2D eigenvalue weighted by atomic mass is 10.1. The summed E-state index contributed by atoms with van der Waals surface area (Å²) >= 11 is 1.74. The molecule has 1 aliphatic rings. The highest BCUT2D eigenvalue weighted by molar-refractivity contribution is 7.98. The molecule has 1 aliphatic carbocycles. The Balaban J connectivity index is 2.03. The molecule has 3 heteroatoms. The number of aliphatic hydroxyl groups excluding tert-OH is 1. The Morgan fingerprint density at radius 2 is 2.07 bits per heavy atom. The number of thioether (sulfide) groups is 1. The lowest BCUT2D eigenvalue weighted by Gasteiger charge is -2.16. The van der Waals surface area contributed by atoms with Gasteiger partial charge in [0.2, 0.25) is 0 Å². The van der Waals surface area contributed by atoms with Crippen LogP contribution in [0.25, 0.3) is 0 Å². The fraction of sp³-hybridized carbons (Fsp3) is 0.500. The van der Waals surface area contributed by atoms with Gasteiger partial charge < -0.3 is 10.4 Å². The third-order valence-corrected chi connectivity index (χ3v) is 3.46. The minimum atomic E-state index is 0.105. The van der Waals surface area contributed by atoms with Crippen molar-refractivity contribution in [3.8, 4) is 0 Å². The van der Waals surface area contributed by atoms with E-state index < -0.39 is 0 Å². The molecule has 0 amide bonds. The molecule has 0 aromatic heterocycles. The zero-order chi connectivity index (χ0) is 10.7. The minimum absolute atomic E-state index is 0.105. The molecular weight excluding hydrogens is 206 g/mol. The molecule has 0 aliphatic heterocycles. The highest BCUT2D eigenvalue weighted by atomic mass is 32.2. The van der Waals surface area contributed by atoms with Crippen molar-refractivity contribution in [3.63, 3.8) is 0 Å². The second-order valence-electron chi connectivity index (χ2n) is 3.95. The summed E-state index contributed by atoms with van der Waals surface area (Å²) in [6, 6.07) is 9.15. The van der Waals surface area contributed by atoms with Crippen molar-refractivity contribution in [2.75, 3.05) is 12.9 Å². The molecule has 0 radical (unpaired) electrons. The Kier molecular flexibility index (Phi) is 3.67. The summed E-state index contributed by atoms with van der Waals surface area (Å²) < 4.78 is 0. The molecule has 0 spiro atoms. The predicted octanol–water partition coefficient (Wildman–Crippen LogP) is 2.19. The van der Waals surface area contributed by atoms with Crippen molar-refractivity contribution in [2.24, 2.45) is 0 Å². The zero-order valence-electron chi connectivity index (χ0n) is 8.94. The van der Waals surface area contributed by atoms with Crippen molar-refractivity contribution in [3.05, 3.63) is 29.8 Å². The van der Waals surface area contributed by atoms with Gasteiger partial charge in [-0.05, 0) is 36.8 Å². The summed E-state index contributed by atoms with van der Waals surface area (Å²) in [5, 5.41) is 12.8. The topological polar surface area (TPSA) is 32.3 Å². The summed E-state index contributed by atoms with van der Waals surface area (Å²) in [5.41, 5.74) is 1.18. The maximum atomic E-state index is 9.31. The molecule has 0 heterocycles. The second kappa shape index (κ2) is 5.01. The molecule has 0 saturated heterocycles. The Hall–Kier alpha value is -0.510. The standard InChI is InChI=1S/C12H17NOS/c1-15-11-6-2-9(3-7-11)12(8-14)13-10-4-5-10/h2-3,6-7,10,12-14H,4-5,8H2,1H3. The first kappa shape index (κ1) is 11.0. The molecule has 15 heavy (non-hydrogen) atoms. The molecule has 1 aromatic rings. The van der Waals surface area contributed by atoms with E-state index in [0.29, 0.717) is 6.04 Å². The van der Waals surface area contributed by atoms with Crippen molar-refractivity contribution in [1.82, 2.24) is 5.32 Å². The first-order valence-corrected chi connectivity index (χ1v) is 6.57. The van der Waals surface area contributed by atoms with Crippen LogP contribution in [-0.4, -0.2) is 24.0 Å². The van der Waals surface area contributed by atoms with Gasteiger partial charge in [-0.15, -0.1) is 11.8 Å². The number of benzene rings is 1. The average Bonchev–Trinajstić information content (AvgIpc) is 3.10. The number of hydrogen-bond acceptors (Lipinski definition) is 3. The van der Waals surface area contributed by atoms with E-state index in [0.717, 1.165) is 0 Å². The molecule has 1 fully saturated rings. The van der Waals surface area contributed by atoms with Crippen LogP contribution >= 0.6 is 11.8 Å². The van der Waals surface area contributed by atoms with E-state index in [9.17, 15) is 5.11 Å². The lowest BCUT2D eigenvalue weighted by molar-refractivity contribution is 0.243. The van der Waals surface area contributed by atoms with Gasteiger partial charge in [-0.3, -0.25) is 0 Å². The van der Waals surface area contributed by atoms with Gasteiger partial charge in [-0.2, -0.15) is 0 Å². The van der Waals surface area contributed by atoms with Gasteiger partial charge in [0.15, 0.2) is 0 Å². The second-order valence-corrected chi connectivity index (χ2v) is 4.83. The summed E-state index contributed by atoms with van der Waals surface area (Å²) in [6.45, 7) is 0.176. The maximum absolute atomic E-state index is 9.31.